The monoisotopic (exact) mass is 265 g/mol. The summed E-state index contributed by atoms with van der Waals surface area (Å²) in [7, 11) is 0. The maximum Gasteiger partial charge on any atom is 0.324 e. The first-order chi connectivity index (χ1) is 8.61. The molecule has 1 aromatic heterocycles. The summed E-state index contributed by atoms with van der Waals surface area (Å²) in [5, 5.41) is 20.8. The first kappa shape index (κ1) is 12.5. The van der Waals surface area contributed by atoms with Crippen molar-refractivity contribution >= 4 is 22.2 Å². The highest BCUT2D eigenvalue weighted by Crippen LogP contribution is 2.25. The molecule has 0 atom stereocenters. The van der Waals surface area contributed by atoms with Crippen molar-refractivity contribution in [1.29, 1.82) is 5.26 Å². The highest BCUT2D eigenvalue weighted by molar-refractivity contribution is 7.13. The van der Waals surface area contributed by atoms with Crippen LogP contribution in [0.4, 0.5) is 5.00 Å². The number of carbonyl (C=O) groups is 1. The summed E-state index contributed by atoms with van der Waals surface area (Å²) in [6, 6.07) is 3.51. The minimum Gasteiger partial charge on any atom is -0.339 e. The van der Waals surface area contributed by atoms with Gasteiger partial charge < -0.3 is 4.90 Å². The predicted octanol–water partition coefficient (Wildman–Crippen LogP) is 2.03. The third-order valence-electron chi connectivity index (χ3n) is 2.98. The lowest BCUT2D eigenvalue weighted by molar-refractivity contribution is -0.380. The molecule has 0 saturated carbocycles. The van der Waals surface area contributed by atoms with E-state index in [0.29, 0.717) is 31.5 Å². The molecule has 6 nitrogen and oxygen atoms in total. The number of thiophene rings is 1. The van der Waals surface area contributed by atoms with Crippen LogP contribution in [-0.4, -0.2) is 28.8 Å². The van der Waals surface area contributed by atoms with Crippen LogP contribution in [0.5, 0.6) is 0 Å². The summed E-state index contributed by atoms with van der Waals surface area (Å²) in [6.45, 7) is 1.08. The van der Waals surface area contributed by atoms with E-state index in [1.165, 1.54) is 11.4 Å². The fourth-order valence-corrected chi connectivity index (χ4v) is 2.62. The zero-order chi connectivity index (χ0) is 13.1. The summed E-state index contributed by atoms with van der Waals surface area (Å²) < 4.78 is 0. The quantitative estimate of drug-likeness (QED) is 0.604. The summed E-state index contributed by atoms with van der Waals surface area (Å²) in [6.07, 6.45) is 1.35. The Labute approximate surface area is 108 Å². The second kappa shape index (κ2) is 5.14. The third kappa shape index (κ3) is 2.49. The van der Waals surface area contributed by atoms with Crippen LogP contribution < -0.4 is 0 Å². The Balaban J connectivity index is 2.03. The van der Waals surface area contributed by atoms with Crippen molar-refractivity contribution in [3.8, 4) is 6.07 Å². The number of carbonyl (C=O) groups excluding carboxylic acids is 1. The first-order valence-electron chi connectivity index (χ1n) is 5.53. The van der Waals surface area contributed by atoms with Gasteiger partial charge in [-0.15, -0.1) is 0 Å². The van der Waals surface area contributed by atoms with Gasteiger partial charge in [-0.05, 0) is 12.8 Å². The van der Waals surface area contributed by atoms with Gasteiger partial charge in [-0.3, -0.25) is 14.9 Å². The summed E-state index contributed by atoms with van der Waals surface area (Å²) in [4.78, 5) is 23.8. The number of piperidine rings is 1. The molecule has 0 aromatic carbocycles. The van der Waals surface area contributed by atoms with E-state index in [9.17, 15) is 14.9 Å². The zero-order valence-electron chi connectivity index (χ0n) is 9.54. The molecule has 0 bridgehead atoms. The molecule has 1 aromatic rings. The van der Waals surface area contributed by atoms with E-state index in [1.54, 1.807) is 4.90 Å². The van der Waals surface area contributed by atoms with Crippen LogP contribution in [0.25, 0.3) is 0 Å². The van der Waals surface area contributed by atoms with Gasteiger partial charge in [0.15, 0.2) is 0 Å². The molecule has 0 radical (unpaired) electrons. The summed E-state index contributed by atoms with van der Waals surface area (Å²) in [5.41, 5.74) is 0.363. The van der Waals surface area contributed by atoms with Crippen LogP contribution in [0.3, 0.4) is 0 Å². The molecule has 1 saturated heterocycles. The first-order valence-corrected chi connectivity index (χ1v) is 6.41. The number of likely N-dealkylation sites (tertiary alicyclic amines) is 1. The molecule has 0 N–H and O–H groups in total. The molecule has 1 aliphatic heterocycles. The molecule has 0 spiro atoms. The number of amides is 1. The normalized spacial score (nSPS) is 16.3. The summed E-state index contributed by atoms with van der Waals surface area (Å²) >= 11 is 0.956. The lowest BCUT2D eigenvalue weighted by Gasteiger charge is -2.28. The Kier molecular flexibility index (Phi) is 3.58. The Hall–Kier alpha value is -1.94. The van der Waals surface area contributed by atoms with E-state index in [0.717, 1.165) is 11.3 Å². The van der Waals surface area contributed by atoms with Gasteiger partial charge in [0.1, 0.15) is 0 Å². The molecule has 1 fully saturated rings. The van der Waals surface area contributed by atoms with Gasteiger partial charge in [0.25, 0.3) is 5.91 Å². The van der Waals surface area contributed by atoms with Crippen molar-refractivity contribution in [3.05, 3.63) is 27.1 Å². The summed E-state index contributed by atoms with van der Waals surface area (Å²) in [5.74, 6) is -0.165. The predicted molar refractivity (Wildman–Crippen MR) is 65.2 cm³/mol. The van der Waals surface area contributed by atoms with E-state index < -0.39 is 4.92 Å². The molecule has 0 aliphatic carbocycles. The van der Waals surface area contributed by atoms with Gasteiger partial charge >= 0.3 is 5.00 Å². The van der Waals surface area contributed by atoms with Crippen LogP contribution in [0, 0.1) is 27.4 Å². The number of hydrogen-bond donors (Lipinski definition) is 0. The van der Waals surface area contributed by atoms with Crippen molar-refractivity contribution in [2.75, 3.05) is 13.1 Å². The van der Waals surface area contributed by atoms with Gasteiger partial charge in [0.05, 0.1) is 16.6 Å². The van der Waals surface area contributed by atoms with Crippen molar-refractivity contribution in [1.82, 2.24) is 4.90 Å². The molecule has 18 heavy (non-hydrogen) atoms. The number of rotatable bonds is 2. The molecular formula is C11H11N3O3S. The Morgan fingerprint density at radius 3 is 2.72 bits per heavy atom. The fourth-order valence-electron chi connectivity index (χ4n) is 1.93. The zero-order valence-corrected chi connectivity index (χ0v) is 10.4. The second-order valence-corrected chi connectivity index (χ2v) is 5.02. The lowest BCUT2D eigenvalue weighted by Crippen LogP contribution is -2.38. The van der Waals surface area contributed by atoms with Gasteiger partial charge in [-0.25, -0.2) is 0 Å². The molecule has 2 rings (SSSR count). The average Bonchev–Trinajstić information content (AvgIpc) is 2.88. The minimum absolute atomic E-state index is 0.0193. The van der Waals surface area contributed by atoms with Crippen molar-refractivity contribution in [2.24, 2.45) is 5.92 Å². The maximum absolute atomic E-state index is 12.1. The van der Waals surface area contributed by atoms with Gasteiger partial charge in [0.2, 0.25) is 0 Å². The molecule has 2 heterocycles. The van der Waals surface area contributed by atoms with E-state index in [4.69, 9.17) is 5.26 Å². The highest BCUT2D eigenvalue weighted by atomic mass is 32.1. The molecule has 0 unspecified atom stereocenters. The van der Waals surface area contributed by atoms with Crippen molar-refractivity contribution in [3.63, 3.8) is 0 Å². The van der Waals surface area contributed by atoms with E-state index in [2.05, 4.69) is 6.07 Å². The van der Waals surface area contributed by atoms with E-state index in [-0.39, 0.29) is 16.8 Å². The number of hydrogen-bond acceptors (Lipinski definition) is 5. The second-order valence-electron chi connectivity index (χ2n) is 4.13. The number of nitrogens with zero attached hydrogens (tertiary/aromatic N) is 3. The smallest absolute Gasteiger partial charge is 0.324 e. The highest BCUT2D eigenvalue weighted by Gasteiger charge is 2.25. The van der Waals surface area contributed by atoms with Crippen molar-refractivity contribution in [2.45, 2.75) is 12.8 Å². The molecule has 1 aliphatic rings. The van der Waals surface area contributed by atoms with Crippen LogP contribution >= 0.6 is 11.3 Å². The SMILES string of the molecule is N#CC1CCN(C(=O)c2csc([N+](=O)[O-])c2)CC1. The van der Waals surface area contributed by atoms with Gasteiger partial charge in [0, 0.05) is 30.5 Å². The van der Waals surface area contributed by atoms with Gasteiger partial charge in [-0.2, -0.15) is 5.26 Å². The Bertz CT molecular complexity index is 512. The average molecular weight is 265 g/mol. The largest absolute Gasteiger partial charge is 0.339 e. The van der Waals surface area contributed by atoms with Crippen LogP contribution in [0.15, 0.2) is 11.4 Å². The molecule has 94 valence electrons. The topological polar surface area (TPSA) is 87.2 Å². The fraction of sp³-hybridized carbons (Fsp3) is 0.455. The Morgan fingerprint density at radius 2 is 2.22 bits per heavy atom. The molecular weight excluding hydrogens is 254 g/mol. The van der Waals surface area contributed by atoms with Crippen LogP contribution in [-0.2, 0) is 0 Å². The third-order valence-corrected chi connectivity index (χ3v) is 3.86. The maximum atomic E-state index is 12.1. The molecule has 7 heteroatoms. The van der Waals surface area contributed by atoms with Crippen LogP contribution in [0.1, 0.15) is 23.2 Å². The van der Waals surface area contributed by atoms with Crippen LogP contribution in [0.2, 0.25) is 0 Å². The molecule has 1 amide bonds. The van der Waals surface area contributed by atoms with E-state index >= 15 is 0 Å². The van der Waals surface area contributed by atoms with Crippen molar-refractivity contribution < 1.29 is 9.72 Å². The lowest BCUT2D eigenvalue weighted by atomic mass is 9.98. The Morgan fingerprint density at radius 1 is 1.56 bits per heavy atom. The minimum atomic E-state index is -0.497. The number of nitro groups is 1. The number of nitriles is 1. The standard InChI is InChI=1S/C11H11N3O3S/c12-6-8-1-3-13(4-2-8)11(15)9-5-10(14(16)17)18-7-9/h5,7-8H,1-4H2. The van der Waals surface area contributed by atoms with Gasteiger partial charge in [-0.1, -0.05) is 11.3 Å². The van der Waals surface area contributed by atoms with E-state index in [1.807, 2.05) is 0 Å².